The molecule has 3 rings (SSSR count). The summed E-state index contributed by atoms with van der Waals surface area (Å²) in [5, 5.41) is 0. The van der Waals surface area contributed by atoms with Gasteiger partial charge < -0.3 is 0 Å². The Labute approximate surface area is 224 Å². The van der Waals surface area contributed by atoms with Crippen molar-refractivity contribution < 1.29 is 4.39 Å². The molecule has 0 heterocycles. The van der Waals surface area contributed by atoms with Crippen LogP contribution in [0.3, 0.4) is 0 Å². The zero-order valence-corrected chi connectivity index (χ0v) is 22.7. The van der Waals surface area contributed by atoms with Crippen LogP contribution in [-0.2, 0) is 12.8 Å². The summed E-state index contributed by atoms with van der Waals surface area (Å²) in [5.74, 6) is 11.9. The summed E-state index contributed by atoms with van der Waals surface area (Å²) in [4.78, 5) is 0. The van der Waals surface area contributed by atoms with Crippen LogP contribution in [0.5, 0.6) is 0 Å². The van der Waals surface area contributed by atoms with E-state index in [2.05, 4.69) is 73.9 Å². The highest BCUT2D eigenvalue weighted by atomic mass is 19.1. The van der Waals surface area contributed by atoms with Crippen LogP contribution in [0.1, 0.15) is 111 Å². The van der Waals surface area contributed by atoms with Gasteiger partial charge in [-0.15, -0.1) is 0 Å². The van der Waals surface area contributed by atoms with Crippen molar-refractivity contribution in [3.8, 4) is 23.7 Å². The van der Waals surface area contributed by atoms with Crippen molar-refractivity contribution in [3.63, 3.8) is 0 Å². The van der Waals surface area contributed by atoms with Crippen LogP contribution in [0.4, 0.5) is 4.39 Å². The molecular weight excluding hydrogens is 451 g/mol. The van der Waals surface area contributed by atoms with E-state index < -0.39 is 0 Å². The lowest BCUT2D eigenvalue weighted by Crippen LogP contribution is -1.88. The number of hydrogen-bond acceptors (Lipinski definition) is 0. The maximum absolute atomic E-state index is 14.6. The molecule has 1 heteroatoms. The zero-order valence-electron chi connectivity index (χ0n) is 22.7. The molecule has 3 aromatic carbocycles. The van der Waals surface area contributed by atoms with Gasteiger partial charge in [-0.3, -0.25) is 0 Å². The highest BCUT2D eigenvalue weighted by molar-refractivity contribution is 5.49. The van der Waals surface area contributed by atoms with Crippen molar-refractivity contribution in [1.29, 1.82) is 0 Å². The van der Waals surface area contributed by atoms with Gasteiger partial charge in [-0.1, -0.05) is 113 Å². The topological polar surface area (TPSA) is 0 Å². The highest BCUT2D eigenvalue weighted by Crippen LogP contribution is 2.13. The van der Waals surface area contributed by atoms with Gasteiger partial charge in [0.25, 0.3) is 0 Å². The molecule has 0 aliphatic carbocycles. The SMILES string of the molecule is CCCCCCCCCCc1ccc(C#Cc2ccc(C#Cc3ccc(CCCC)cc3)c(F)c2)cc1. The van der Waals surface area contributed by atoms with Crippen LogP contribution >= 0.6 is 0 Å². The predicted molar refractivity (Wildman–Crippen MR) is 156 cm³/mol. The number of unbranched alkanes of at least 4 members (excludes halogenated alkanes) is 8. The van der Waals surface area contributed by atoms with Crippen LogP contribution in [0.25, 0.3) is 0 Å². The van der Waals surface area contributed by atoms with E-state index in [0.29, 0.717) is 11.1 Å². The van der Waals surface area contributed by atoms with E-state index in [1.165, 1.54) is 81.4 Å². The maximum atomic E-state index is 14.6. The smallest absolute Gasteiger partial charge is 0.140 e. The van der Waals surface area contributed by atoms with Crippen LogP contribution in [0.15, 0.2) is 66.7 Å². The average Bonchev–Trinajstić information content (AvgIpc) is 2.93. The Bertz CT molecular complexity index is 1190. The van der Waals surface area contributed by atoms with Crippen LogP contribution in [-0.4, -0.2) is 0 Å². The van der Waals surface area contributed by atoms with E-state index in [-0.39, 0.29) is 5.82 Å². The minimum Gasteiger partial charge on any atom is -0.206 e. The molecule has 0 saturated heterocycles. The van der Waals surface area contributed by atoms with Crippen molar-refractivity contribution >= 4 is 0 Å². The van der Waals surface area contributed by atoms with Crippen molar-refractivity contribution in [2.45, 2.75) is 90.9 Å². The lowest BCUT2D eigenvalue weighted by molar-refractivity contribution is 0.575. The monoisotopic (exact) mass is 492 g/mol. The van der Waals surface area contributed by atoms with E-state index in [9.17, 15) is 4.39 Å². The standard InChI is InChI=1S/C36H41F/c1-3-5-7-8-9-10-11-12-14-31-17-19-32(20-18-31)23-24-34-26-28-35(36(37)29-34)27-25-33-21-15-30(16-22-33)13-6-4-2/h15-22,26,28-29H,3-14H2,1-2H3. The third kappa shape index (κ3) is 10.7. The van der Waals surface area contributed by atoms with Gasteiger partial charge in [0.15, 0.2) is 0 Å². The lowest BCUT2D eigenvalue weighted by Gasteiger charge is -2.03. The molecular formula is C36H41F. The second kappa shape index (κ2) is 16.5. The lowest BCUT2D eigenvalue weighted by atomic mass is 10.0. The molecule has 3 aromatic rings. The zero-order chi connectivity index (χ0) is 26.1. The Morgan fingerprint density at radius 3 is 1.51 bits per heavy atom. The number of halogens is 1. The number of benzene rings is 3. The van der Waals surface area contributed by atoms with Gasteiger partial charge in [0.1, 0.15) is 5.82 Å². The fraction of sp³-hybridized carbons (Fsp3) is 0.389. The summed E-state index contributed by atoms with van der Waals surface area (Å²) in [6.07, 6.45) is 15.3. The molecule has 0 saturated carbocycles. The molecule has 0 bridgehead atoms. The highest BCUT2D eigenvalue weighted by Gasteiger charge is 2.01. The van der Waals surface area contributed by atoms with E-state index in [4.69, 9.17) is 0 Å². The fourth-order valence-corrected chi connectivity index (χ4v) is 4.33. The molecule has 0 atom stereocenters. The summed E-state index contributed by atoms with van der Waals surface area (Å²) in [7, 11) is 0. The molecule has 0 aliphatic heterocycles. The van der Waals surface area contributed by atoms with Crippen molar-refractivity contribution in [2.24, 2.45) is 0 Å². The third-order valence-electron chi connectivity index (χ3n) is 6.71. The van der Waals surface area contributed by atoms with Crippen LogP contribution in [0.2, 0.25) is 0 Å². The normalized spacial score (nSPS) is 10.4. The Morgan fingerprint density at radius 1 is 0.486 bits per heavy atom. The van der Waals surface area contributed by atoms with Gasteiger partial charge in [-0.25, -0.2) is 4.39 Å². The first-order chi connectivity index (χ1) is 18.2. The molecule has 192 valence electrons. The summed E-state index contributed by atoms with van der Waals surface area (Å²) in [6.45, 7) is 4.46. The molecule has 0 aliphatic rings. The van der Waals surface area contributed by atoms with Gasteiger partial charge >= 0.3 is 0 Å². The maximum Gasteiger partial charge on any atom is 0.140 e. The predicted octanol–water partition coefficient (Wildman–Crippen LogP) is 9.65. The summed E-state index contributed by atoms with van der Waals surface area (Å²) < 4.78 is 14.6. The van der Waals surface area contributed by atoms with Crippen LogP contribution in [0, 0.1) is 29.5 Å². The van der Waals surface area contributed by atoms with Gasteiger partial charge in [0.2, 0.25) is 0 Å². The minimum atomic E-state index is -0.334. The molecule has 0 amide bonds. The van der Waals surface area contributed by atoms with Gasteiger partial charge in [0.05, 0.1) is 5.56 Å². The summed E-state index contributed by atoms with van der Waals surface area (Å²) in [6, 6.07) is 21.7. The largest absolute Gasteiger partial charge is 0.206 e. The van der Waals surface area contributed by atoms with Crippen molar-refractivity contribution in [3.05, 3.63) is 106 Å². The molecule has 0 N–H and O–H groups in total. The van der Waals surface area contributed by atoms with Crippen molar-refractivity contribution in [1.82, 2.24) is 0 Å². The quantitative estimate of drug-likeness (QED) is 0.174. The van der Waals surface area contributed by atoms with Gasteiger partial charge in [0, 0.05) is 16.7 Å². The molecule has 0 unspecified atom stereocenters. The van der Waals surface area contributed by atoms with Crippen LogP contribution < -0.4 is 0 Å². The average molecular weight is 493 g/mol. The first kappa shape index (κ1) is 28.3. The second-order valence-corrected chi connectivity index (χ2v) is 9.92. The fourth-order valence-electron chi connectivity index (χ4n) is 4.33. The van der Waals surface area contributed by atoms with Crippen molar-refractivity contribution in [2.75, 3.05) is 0 Å². The molecule has 0 aromatic heterocycles. The summed E-state index contributed by atoms with van der Waals surface area (Å²) in [5.41, 5.74) is 5.58. The molecule has 37 heavy (non-hydrogen) atoms. The molecule has 0 radical (unpaired) electrons. The third-order valence-corrected chi connectivity index (χ3v) is 6.71. The van der Waals surface area contributed by atoms with E-state index in [1.807, 2.05) is 18.2 Å². The second-order valence-electron chi connectivity index (χ2n) is 9.92. The minimum absolute atomic E-state index is 0.334. The van der Waals surface area contributed by atoms with E-state index in [0.717, 1.165) is 24.0 Å². The number of aryl methyl sites for hydroxylation is 2. The first-order valence-corrected chi connectivity index (χ1v) is 14.2. The Morgan fingerprint density at radius 2 is 0.946 bits per heavy atom. The number of hydrogen-bond donors (Lipinski definition) is 0. The Balaban J connectivity index is 1.48. The molecule has 0 nitrogen and oxygen atoms in total. The number of rotatable bonds is 12. The van der Waals surface area contributed by atoms with Gasteiger partial charge in [-0.2, -0.15) is 0 Å². The van der Waals surface area contributed by atoms with E-state index >= 15 is 0 Å². The van der Waals surface area contributed by atoms with Gasteiger partial charge in [-0.05, 0) is 79.3 Å². The van der Waals surface area contributed by atoms with E-state index in [1.54, 1.807) is 6.07 Å². The Kier molecular flexibility index (Phi) is 12.6. The first-order valence-electron chi connectivity index (χ1n) is 14.2. The summed E-state index contributed by atoms with van der Waals surface area (Å²) >= 11 is 0. The molecule has 0 spiro atoms. The molecule has 0 fully saturated rings. The Hall–Kier alpha value is -3.29.